The lowest BCUT2D eigenvalue weighted by Crippen LogP contribution is -2.25. The normalized spacial score (nSPS) is 22.2. The molecule has 0 spiro atoms. The van der Waals surface area contributed by atoms with Crippen LogP contribution in [-0.2, 0) is 9.53 Å². The first-order valence-electron chi connectivity index (χ1n) is 12.2. The maximum atomic E-state index is 15.1. The SMILES string of the molecule is CC(O)c1ccc(-c2ccc(C3CCC(C(=O)Oc4ccc(C5CO5)c(F)c4)CC3)c(F)c2F)cc1. The minimum absolute atomic E-state index is 0.147. The summed E-state index contributed by atoms with van der Waals surface area (Å²) in [5.74, 6) is -3.11. The summed E-state index contributed by atoms with van der Waals surface area (Å²) < 4.78 is 54.7. The van der Waals surface area contributed by atoms with Gasteiger partial charge in [-0.3, -0.25) is 4.79 Å². The first-order valence-corrected chi connectivity index (χ1v) is 12.2. The third-order valence-corrected chi connectivity index (χ3v) is 7.19. The molecule has 0 bridgehead atoms. The molecule has 2 unspecified atom stereocenters. The Kier molecular flexibility index (Phi) is 6.86. The van der Waals surface area contributed by atoms with Crippen molar-refractivity contribution >= 4 is 5.97 Å². The van der Waals surface area contributed by atoms with Crippen molar-refractivity contribution in [2.24, 2.45) is 5.92 Å². The standard InChI is InChI=1S/C29H27F3O4/c1-16(33)17-2-4-18(5-3-17)22-12-13-23(28(32)27(22)31)19-6-8-20(9-7-19)29(34)36-21-10-11-24(25(30)14-21)26-15-35-26/h2-5,10-14,16,19-20,26,33H,6-9,15H2,1H3. The predicted molar refractivity (Wildman–Crippen MR) is 128 cm³/mol. The number of benzene rings is 3. The van der Waals surface area contributed by atoms with Crippen molar-refractivity contribution in [1.82, 2.24) is 0 Å². The number of esters is 1. The van der Waals surface area contributed by atoms with Crippen LogP contribution in [0.5, 0.6) is 5.75 Å². The lowest BCUT2D eigenvalue weighted by molar-refractivity contribution is -0.140. The molecule has 4 nitrogen and oxygen atoms in total. The molecule has 0 aromatic heterocycles. The monoisotopic (exact) mass is 496 g/mol. The van der Waals surface area contributed by atoms with E-state index in [1.807, 2.05) is 0 Å². The van der Waals surface area contributed by atoms with E-state index in [4.69, 9.17) is 9.47 Å². The summed E-state index contributed by atoms with van der Waals surface area (Å²) in [7, 11) is 0. The molecule has 7 heteroatoms. The van der Waals surface area contributed by atoms with Crippen LogP contribution in [0.25, 0.3) is 11.1 Å². The molecule has 2 atom stereocenters. The molecule has 2 fully saturated rings. The highest BCUT2D eigenvalue weighted by atomic mass is 19.2. The zero-order chi connectivity index (χ0) is 25.4. The second-order valence-electron chi connectivity index (χ2n) is 9.60. The highest BCUT2D eigenvalue weighted by molar-refractivity contribution is 5.75. The van der Waals surface area contributed by atoms with Crippen LogP contribution in [0.15, 0.2) is 54.6 Å². The number of ether oxygens (including phenoxy) is 2. The van der Waals surface area contributed by atoms with Gasteiger partial charge in [0, 0.05) is 17.2 Å². The molecule has 3 aromatic rings. The Balaban J connectivity index is 1.22. The van der Waals surface area contributed by atoms with E-state index in [0.29, 0.717) is 54.5 Å². The highest BCUT2D eigenvalue weighted by Gasteiger charge is 2.32. The molecule has 0 amide bonds. The minimum Gasteiger partial charge on any atom is -0.426 e. The third kappa shape index (κ3) is 5.04. The lowest BCUT2D eigenvalue weighted by atomic mass is 9.78. The van der Waals surface area contributed by atoms with Gasteiger partial charge in [-0.2, -0.15) is 0 Å². The summed E-state index contributed by atoms with van der Waals surface area (Å²) in [5.41, 5.74) is 2.15. The summed E-state index contributed by atoms with van der Waals surface area (Å²) in [5, 5.41) is 9.65. The van der Waals surface area contributed by atoms with E-state index in [0.717, 1.165) is 0 Å². The maximum absolute atomic E-state index is 15.1. The van der Waals surface area contributed by atoms with Gasteiger partial charge >= 0.3 is 5.97 Å². The van der Waals surface area contributed by atoms with E-state index >= 15 is 4.39 Å². The molecule has 0 radical (unpaired) electrons. The highest BCUT2D eigenvalue weighted by Crippen LogP contribution is 2.40. The number of aliphatic hydroxyl groups is 1. The lowest BCUT2D eigenvalue weighted by Gasteiger charge is -2.28. The number of epoxide rings is 1. The van der Waals surface area contributed by atoms with Gasteiger partial charge in [0.05, 0.1) is 18.6 Å². The molecule has 1 heterocycles. The molecule has 2 aliphatic rings. The topological polar surface area (TPSA) is 59.1 Å². The Morgan fingerprint density at radius 3 is 2.22 bits per heavy atom. The van der Waals surface area contributed by atoms with E-state index in [2.05, 4.69) is 0 Å². The average molecular weight is 497 g/mol. The van der Waals surface area contributed by atoms with Gasteiger partial charge in [-0.15, -0.1) is 0 Å². The van der Waals surface area contributed by atoms with Gasteiger partial charge in [-0.25, -0.2) is 13.2 Å². The van der Waals surface area contributed by atoms with Crippen molar-refractivity contribution in [2.75, 3.05) is 6.61 Å². The Bertz CT molecular complexity index is 1260. The predicted octanol–water partition coefficient (Wildman–Crippen LogP) is 6.77. The van der Waals surface area contributed by atoms with E-state index in [9.17, 15) is 18.7 Å². The van der Waals surface area contributed by atoms with Crippen LogP contribution >= 0.6 is 0 Å². The van der Waals surface area contributed by atoms with Crippen molar-refractivity contribution in [3.05, 3.63) is 88.7 Å². The Morgan fingerprint density at radius 1 is 0.944 bits per heavy atom. The number of aliphatic hydroxyl groups excluding tert-OH is 1. The van der Waals surface area contributed by atoms with Crippen LogP contribution in [0.2, 0.25) is 0 Å². The summed E-state index contributed by atoms with van der Waals surface area (Å²) in [6, 6.07) is 14.2. The van der Waals surface area contributed by atoms with Crippen LogP contribution in [-0.4, -0.2) is 17.7 Å². The van der Waals surface area contributed by atoms with Crippen LogP contribution < -0.4 is 4.74 Å². The molecule has 1 aliphatic carbocycles. The second kappa shape index (κ2) is 10.1. The van der Waals surface area contributed by atoms with Crippen molar-refractivity contribution in [1.29, 1.82) is 0 Å². The largest absolute Gasteiger partial charge is 0.426 e. The van der Waals surface area contributed by atoms with E-state index in [1.165, 1.54) is 6.07 Å². The molecule has 1 aliphatic heterocycles. The van der Waals surface area contributed by atoms with E-state index in [-0.39, 0.29) is 29.3 Å². The fourth-order valence-electron chi connectivity index (χ4n) is 4.94. The number of hydrogen-bond acceptors (Lipinski definition) is 4. The first kappa shape index (κ1) is 24.5. The van der Waals surface area contributed by atoms with Crippen molar-refractivity contribution in [2.45, 2.75) is 50.7 Å². The fraction of sp³-hybridized carbons (Fsp3) is 0.345. The summed E-state index contributed by atoms with van der Waals surface area (Å²) in [4.78, 5) is 12.6. The average Bonchev–Trinajstić information content (AvgIpc) is 3.71. The molecular formula is C29H27F3O4. The Hall–Kier alpha value is -3.16. The Labute approximate surface area is 207 Å². The Morgan fingerprint density at radius 2 is 1.61 bits per heavy atom. The number of halogens is 3. The van der Waals surface area contributed by atoms with Gasteiger partial charge in [-0.1, -0.05) is 36.4 Å². The zero-order valence-electron chi connectivity index (χ0n) is 19.8. The molecule has 1 N–H and O–H groups in total. The van der Waals surface area contributed by atoms with Crippen molar-refractivity contribution < 1.29 is 32.5 Å². The van der Waals surface area contributed by atoms with Gasteiger partial charge in [0.15, 0.2) is 11.6 Å². The van der Waals surface area contributed by atoms with Crippen LogP contribution in [0, 0.1) is 23.4 Å². The van der Waals surface area contributed by atoms with Gasteiger partial charge < -0.3 is 14.6 Å². The number of carbonyl (C=O) groups is 1. The summed E-state index contributed by atoms with van der Waals surface area (Å²) in [6.07, 6.45) is 1.13. The molecule has 1 saturated heterocycles. The number of carbonyl (C=O) groups excluding carboxylic acids is 1. The molecule has 36 heavy (non-hydrogen) atoms. The second-order valence-corrected chi connectivity index (χ2v) is 9.60. The van der Waals surface area contributed by atoms with Crippen LogP contribution in [0.3, 0.4) is 0 Å². The number of hydrogen-bond donors (Lipinski definition) is 1. The smallest absolute Gasteiger partial charge is 0.314 e. The van der Waals surface area contributed by atoms with Gasteiger partial charge in [-0.05, 0) is 67.3 Å². The van der Waals surface area contributed by atoms with E-state index in [1.54, 1.807) is 55.5 Å². The van der Waals surface area contributed by atoms with Gasteiger partial charge in [0.2, 0.25) is 0 Å². The molecule has 3 aromatic carbocycles. The zero-order valence-corrected chi connectivity index (χ0v) is 19.8. The van der Waals surface area contributed by atoms with Gasteiger partial charge in [0.25, 0.3) is 0 Å². The summed E-state index contributed by atoms with van der Waals surface area (Å²) in [6.45, 7) is 2.13. The van der Waals surface area contributed by atoms with Crippen LogP contribution in [0.4, 0.5) is 13.2 Å². The van der Waals surface area contributed by atoms with Crippen molar-refractivity contribution in [3.8, 4) is 16.9 Å². The quantitative estimate of drug-likeness (QED) is 0.232. The van der Waals surface area contributed by atoms with Gasteiger partial charge in [0.1, 0.15) is 17.7 Å². The maximum Gasteiger partial charge on any atom is 0.314 e. The van der Waals surface area contributed by atoms with E-state index < -0.39 is 29.5 Å². The minimum atomic E-state index is -0.902. The molecule has 1 saturated carbocycles. The van der Waals surface area contributed by atoms with Crippen molar-refractivity contribution in [3.63, 3.8) is 0 Å². The van der Waals surface area contributed by atoms with Crippen LogP contribution in [0.1, 0.15) is 67.4 Å². The molecular weight excluding hydrogens is 469 g/mol. The fourth-order valence-corrected chi connectivity index (χ4v) is 4.94. The number of rotatable bonds is 6. The third-order valence-electron chi connectivity index (χ3n) is 7.19. The molecule has 5 rings (SSSR count). The summed E-state index contributed by atoms with van der Waals surface area (Å²) >= 11 is 0. The first-order chi connectivity index (χ1) is 17.3. The molecule has 188 valence electrons.